The summed E-state index contributed by atoms with van der Waals surface area (Å²) in [6, 6.07) is 0. The van der Waals surface area contributed by atoms with Crippen LogP contribution >= 0.6 is 0 Å². The van der Waals surface area contributed by atoms with Gasteiger partial charge in [0.05, 0.1) is 5.54 Å². The average molecular weight is 241 g/mol. The zero-order valence-electron chi connectivity index (χ0n) is 11.5. The molecule has 4 nitrogen and oxygen atoms in total. The van der Waals surface area contributed by atoms with Crippen molar-refractivity contribution in [3.8, 4) is 0 Å². The van der Waals surface area contributed by atoms with Crippen LogP contribution in [0.1, 0.15) is 59.3 Å². The molecule has 0 aliphatic carbocycles. The Hall–Kier alpha value is -1.06. The predicted molar refractivity (Wildman–Crippen MR) is 73.1 cm³/mol. The zero-order valence-corrected chi connectivity index (χ0v) is 11.5. The minimum absolute atomic E-state index is 0.381. The fourth-order valence-electron chi connectivity index (χ4n) is 1.85. The van der Waals surface area contributed by atoms with Crippen molar-refractivity contribution in [2.24, 2.45) is 10.7 Å². The summed E-state index contributed by atoms with van der Waals surface area (Å²) < 4.78 is 0. The molecule has 0 heterocycles. The Morgan fingerprint density at radius 1 is 1.24 bits per heavy atom. The molecule has 0 amide bonds. The number of unbranched alkanes of at least 4 members (excludes halogenated alkanes) is 2. The van der Waals surface area contributed by atoms with Crippen LogP contribution in [-0.4, -0.2) is 24.3 Å². The second kappa shape index (κ2) is 9.02. The van der Waals surface area contributed by atoms with Crippen molar-refractivity contribution >= 4 is 12.2 Å². The fraction of sp³-hybridized carbons (Fsp3) is 0.846. The molecule has 0 saturated carbocycles. The van der Waals surface area contributed by atoms with Gasteiger partial charge in [0, 0.05) is 6.54 Å². The predicted octanol–water partition coefficient (Wildman–Crippen LogP) is 2.23. The summed E-state index contributed by atoms with van der Waals surface area (Å²) >= 11 is 0. The summed E-state index contributed by atoms with van der Waals surface area (Å²) in [6.07, 6.45) is 6.86. The van der Waals surface area contributed by atoms with E-state index < -0.39 is 5.54 Å². The third-order valence-corrected chi connectivity index (χ3v) is 2.88. The lowest BCUT2D eigenvalue weighted by molar-refractivity contribution is -0.113. The van der Waals surface area contributed by atoms with E-state index in [4.69, 9.17) is 5.73 Å². The Labute approximate surface area is 105 Å². The number of carbonyl (C=O) groups is 1. The Kier molecular flexibility index (Phi) is 8.46. The van der Waals surface area contributed by atoms with Crippen LogP contribution in [0.25, 0.3) is 0 Å². The molecule has 0 fully saturated rings. The van der Waals surface area contributed by atoms with Crippen molar-refractivity contribution in [1.29, 1.82) is 0 Å². The fourth-order valence-corrected chi connectivity index (χ4v) is 1.85. The summed E-state index contributed by atoms with van der Waals surface area (Å²) in [5, 5.41) is 3.11. The number of nitrogens with zero attached hydrogens (tertiary/aromatic N) is 1. The highest BCUT2D eigenvalue weighted by atomic mass is 16.1. The van der Waals surface area contributed by atoms with Crippen molar-refractivity contribution < 1.29 is 4.79 Å². The molecule has 0 aromatic heterocycles. The summed E-state index contributed by atoms with van der Waals surface area (Å²) in [6.45, 7) is 6.81. The Morgan fingerprint density at radius 3 is 2.12 bits per heavy atom. The molecule has 17 heavy (non-hydrogen) atoms. The van der Waals surface area contributed by atoms with E-state index in [1.165, 1.54) is 0 Å². The van der Waals surface area contributed by atoms with Crippen molar-refractivity contribution in [3.05, 3.63) is 0 Å². The van der Waals surface area contributed by atoms with E-state index in [0.717, 1.165) is 44.8 Å². The lowest BCUT2D eigenvalue weighted by atomic mass is 9.88. The zero-order chi connectivity index (χ0) is 13.1. The van der Waals surface area contributed by atoms with Crippen molar-refractivity contribution in [2.75, 3.05) is 6.54 Å². The topological polar surface area (TPSA) is 67.5 Å². The number of aliphatic imine (C=N–C) groups is 1. The van der Waals surface area contributed by atoms with Gasteiger partial charge in [-0.3, -0.25) is 4.99 Å². The van der Waals surface area contributed by atoms with Crippen molar-refractivity contribution in [3.63, 3.8) is 0 Å². The smallest absolute Gasteiger partial charge is 0.189 e. The molecular formula is C13H27N3O. The number of carbonyl (C=O) groups excluding carboxylic acids is 1. The maximum absolute atomic E-state index is 11.4. The van der Waals surface area contributed by atoms with Gasteiger partial charge < -0.3 is 15.8 Å². The number of aldehydes is 1. The number of hydrogen-bond acceptors (Lipinski definition) is 2. The van der Waals surface area contributed by atoms with Gasteiger partial charge in [-0.25, -0.2) is 0 Å². The molecule has 100 valence electrons. The van der Waals surface area contributed by atoms with Gasteiger partial charge in [-0.15, -0.1) is 0 Å². The number of nitrogens with two attached hydrogens (primary N) is 1. The Balaban J connectivity index is 4.64. The molecule has 0 aliphatic heterocycles. The molecule has 3 N–H and O–H groups in total. The van der Waals surface area contributed by atoms with Crippen LogP contribution in [0, 0.1) is 0 Å². The van der Waals surface area contributed by atoms with Crippen molar-refractivity contribution in [1.82, 2.24) is 5.32 Å². The third kappa shape index (κ3) is 6.29. The first-order chi connectivity index (χ1) is 8.14. The molecule has 0 spiro atoms. The van der Waals surface area contributed by atoms with Gasteiger partial charge in [-0.05, 0) is 19.8 Å². The van der Waals surface area contributed by atoms with Gasteiger partial charge in [0.1, 0.15) is 6.29 Å². The molecule has 0 atom stereocenters. The van der Waals surface area contributed by atoms with Gasteiger partial charge in [0.15, 0.2) is 5.96 Å². The molecule has 0 radical (unpaired) electrons. The first kappa shape index (κ1) is 15.9. The molecule has 0 saturated heterocycles. The summed E-state index contributed by atoms with van der Waals surface area (Å²) in [5.74, 6) is 0.381. The average Bonchev–Trinajstić information content (AvgIpc) is 2.33. The van der Waals surface area contributed by atoms with Gasteiger partial charge in [-0.1, -0.05) is 39.5 Å². The Bertz CT molecular complexity index is 231. The van der Waals surface area contributed by atoms with E-state index in [1.54, 1.807) is 0 Å². The van der Waals surface area contributed by atoms with Gasteiger partial charge in [0.2, 0.25) is 0 Å². The van der Waals surface area contributed by atoms with Crippen LogP contribution in [0.3, 0.4) is 0 Å². The SMILES string of the molecule is CCCCC(C=O)(CCCC)NC(N)=NCC. The summed E-state index contributed by atoms with van der Waals surface area (Å²) in [7, 11) is 0. The maximum atomic E-state index is 11.4. The highest BCUT2D eigenvalue weighted by molar-refractivity contribution is 5.83. The molecule has 0 unspecified atom stereocenters. The highest BCUT2D eigenvalue weighted by Crippen LogP contribution is 2.19. The van der Waals surface area contributed by atoms with Gasteiger partial charge >= 0.3 is 0 Å². The number of nitrogens with one attached hydrogen (secondary N) is 1. The molecule has 0 aliphatic rings. The number of guanidine groups is 1. The molecule has 0 bridgehead atoms. The van der Waals surface area contributed by atoms with E-state index in [1.807, 2.05) is 6.92 Å². The Morgan fingerprint density at radius 2 is 1.76 bits per heavy atom. The second-order valence-electron chi connectivity index (χ2n) is 4.47. The van der Waals surface area contributed by atoms with Gasteiger partial charge in [-0.2, -0.15) is 0 Å². The largest absolute Gasteiger partial charge is 0.370 e. The highest BCUT2D eigenvalue weighted by Gasteiger charge is 2.28. The van der Waals surface area contributed by atoms with Crippen LogP contribution in [0.2, 0.25) is 0 Å². The molecule has 4 heteroatoms. The summed E-state index contributed by atoms with van der Waals surface area (Å²) in [4.78, 5) is 15.5. The first-order valence-corrected chi connectivity index (χ1v) is 6.68. The lowest BCUT2D eigenvalue weighted by Crippen LogP contribution is -2.52. The minimum Gasteiger partial charge on any atom is -0.370 e. The normalized spacial score (nSPS) is 12.5. The first-order valence-electron chi connectivity index (χ1n) is 6.68. The standard InChI is InChI=1S/C13H27N3O/c1-4-7-9-13(11-17,10-8-5-2)16-12(14)15-6-3/h11H,4-10H2,1-3H3,(H3,14,15,16). The van der Waals surface area contributed by atoms with Crippen LogP contribution in [0.4, 0.5) is 0 Å². The molecule has 0 aromatic carbocycles. The van der Waals surface area contributed by atoms with E-state index in [9.17, 15) is 4.79 Å². The van der Waals surface area contributed by atoms with E-state index >= 15 is 0 Å². The van der Waals surface area contributed by atoms with Crippen LogP contribution in [0.15, 0.2) is 4.99 Å². The van der Waals surface area contributed by atoms with Crippen LogP contribution in [0.5, 0.6) is 0 Å². The summed E-state index contributed by atoms with van der Waals surface area (Å²) in [5.41, 5.74) is 5.25. The number of rotatable bonds is 9. The lowest BCUT2D eigenvalue weighted by Gasteiger charge is -2.30. The monoisotopic (exact) mass is 241 g/mol. The van der Waals surface area contributed by atoms with E-state index in [-0.39, 0.29) is 0 Å². The van der Waals surface area contributed by atoms with Crippen LogP contribution < -0.4 is 11.1 Å². The van der Waals surface area contributed by atoms with Crippen LogP contribution in [-0.2, 0) is 4.79 Å². The molecule has 0 rings (SSSR count). The van der Waals surface area contributed by atoms with Crippen molar-refractivity contribution in [2.45, 2.75) is 64.8 Å². The second-order valence-corrected chi connectivity index (χ2v) is 4.47. The van der Waals surface area contributed by atoms with E-state index in [0.29, 0.717) is 12.5 Å². The quantitative estimate of drug-likeness (QED) is 0.369. The molecule has 0 aromatic rings. The van der Waals surface area contributed by atoms with E-state index in [2.05, 4.69) is 24.2 Å². The number of hydrogen-bond donors (Lipinski definition) is 2. The third-order valence-electron chi connectivity index (χ3n) is 2.88. The minimum atomic E-state index is -0.519. The van der Waals surface area contributed by atoms with Gasteiger partial charge in [0.25, 0.3) is 0 Å². The molecular weight excluding hydrogens is 214 g/mol. The maximum Gasteiger partial charge on any atom is 0.189 e.